The number of benzene rings is 1. The first kappa shape index (κ1) is 14.4. The molecule has 0 unspecified atom stereocenters. The number of aliphatic imine (C=N–C) groups is 1. The van der Waals surface area contributed by atoms with Gasteiger partial charge in [0.2, 0.25) is 0 Å². The fourth-order valence-corrected chi connectivity index (χ4v) is 1.57. The molecular weight excluding hydrogens is 226 g/mol. The minimum Gasteiger partial charge on any atom is -0.497 e. The van der Waals surface area contributed by atoms with Crippen molar-refractivity contribution in [1.82, 2.24) is 10.6 Å². The summed E-state index contributed by atoms with van der Waals surface area (Å²) in [6, 6.07) is 8.02. The predicted octanol–water partition coefficient (Wildman–Crippen LogP) is 2.16. The van der Waals surface area contributed by atoms with Crippen LogP contribution in [-0.4, -0.2) is 26.7 Å². The number of hydrogen-bond acceptors (Lipinski definition) is 2. The fourth-order valence-electron chi connectivity index (χ4n) is 1.57. The van der Waals surface area contributed by atoms with E-state index in [2.05, 4.69) is 28.6 Å². The van der Waals surface area contributed by atoms with Crippen LogP contribution in [-0.2, 0) is 6.54 Å². The van der Waals surface area contributed by atoms with Crippen molar-refractivity contribution in [3.05, 3.63) is 29.8 Å². The average Bonchev–Trinajstić information content (AvgIpc) is 2.43. The molecule has 0 aliphatic heterocycles. The van der Waals surface area contributed by atoms with Crippen LogP contribution < -0.4 is 15.4 Å². The third-order valence-electron chi connectivity index (χ3n) is 2.64. The van der Waals surface area contributed by atoms with Gasteiger partial charge in [0.1, 0.15) is 5.75 Å². The molecule has 4 heteroatoms. The van der Waals surface area contributed by atoms with E-state index < -0.39 is 0 Å². The first-order valence-electron chi connectivity index (χ1n) is 6.37. The highest BCUT2D eigenvalue weighted by molar-refractivity contribution is 5.79. The van der Waals surface area contributed by atoms with E-state index >= 15 is 0 Å². The first-order valence-corrected chi connectivity index (χ1v) is 6.37. The number of unbranched alkanes of at least 4 members (excludes halogenated alkanes) is 1. The summed E-state index contributed by atoms with van der Waals surface area (Å²) in [5.41, 5.74) is 1.17. The SMILES string of the molecule is CCCCNC(=NC)NCc1cccc(OC)c1. The van der Waals surface area contributed by atoms with Crippen LogP contribution in [0.25, 0.3) is 0 Å². The van der Waals surface area contributed by atoms with E-state index in [9.17, 15) is 0 Å². The van der Waals surface area contributed by atoms with Crippen LogP contribution in [0.1, 0.15) is 25.3 Å². The molecule has 0 fully saturated rings. The molecule has 1 aromatic rings. The molecule has 1 rings (SSSR count). The molecule has 2 N–H and O–H groups in total. The molecule has 0 aliphatic carbocycles. The second kappa shape index (κ2) is 8.39. The van der Waals surface area contributed by atoms with Crippen LogP contribution in [0.3, 0.4) is 0 Å². The Morgan fingerprint density at radius 3 is 2.83 bits per heavy atom. The zero-order chi connectivity index (χ0) is 13.2. The number of guanidine groups is 1. The third-order valence-corrected chi connectivity index (χ3v) is 2.64. The normalized spacial score (nSPS) is 11.2. The third kappa shape index (κ3) is 5.08. The summed E-state index contributed by atoms with van der Waals surface area (Å²) < 4.78 is 5.19. The Kier molecular flexibility index (Phi) is 6.69. The molecule has 0 radical (unpaired) electrons. The zero-order valence-electron chi connectivity index (χ0n) is 11.5. The minimum absolute atomic E-state index is 0.739. The largest absolute Gasteiger partial charge is 0.497 e. The maximum Gasteiger partial charge on any atom is 0.191 e. The number of rotatable bonds is 6. The second-order valence-corrected chi connectivity index (χ2v) is 4.06. The van der Waals surface area contributed by atoms with Crippen molar-refractivity contribution >= 4 is 5.96 Å². The van der Waals surface area contributed by atoms with Gasteiger partial charge in [0.25, 0.3) is 0 Å². The van der Waals surface area contributed by atoms with E-state index in [0.29, 0.717) is 0 Å². The summed E-state index contributed by atoms with van der Waals surface area (Å²) >= 11 is 0. The van der Waals surface area contributed by atoms with E-state index in [1.165, 1.54) is 12.0 Å². The molecule has 0 saturated heterocycles. The molecular formula is C14H23N3O. The molecule has 100 valence electrons. The Hall–Kier alpha value is -1.71. The van der Waals surface area contributed by atoms with Gasteiger partial charge in [-0.15, -0.1) is 0 Å². The molecule has 18 heavy (non-hydrogen) atoms. The monoisotopic (exact) mass is 249 g/mol. The van der Waals surface area contributed by atoms with Gasteiger partial charge in [-0.25, -0.2) is 0 Å². The zero-order valence-corrected chi connectivity index (χ0v) is 11.5. The van der Waals surface area contributed by atoms with Crippen LogP contribution in [0.5, 0.6) is 5.75 Å². The minimum atomic E-state index is 0.739. The first-order chi connectivity index (χ1) is 8.80. The van der Waals surface area contributed by atoms with Gasteiger partial charge in [0.15, 0.2) is 5.96 Å². The molecule has 1 aromatic carbocycles. The average molecular weight is 249 g/mol. The molecule has 4 nitrogen and oxygen atoms in total. The topological polar surface area (TPSA) is 45.7 Å². The molecule has 0 atom stereocenters. The molecule has 0 spiro atoms. The van der Waals surface area contributed by atoms with Crippen molar-refractivity contribution in [2.75, 3.05) is 20.7 Å². The molecule has 0 bridgehead atoms. The van der Waals surface area contributed by atoms with Crippen molar-refractivity contribution in [2.45, 2.75) is 26.3 Å². The van der Waals surface area contributed by atoms with Gasteiger partial charge in [0, 0.05) is 20.1 Å². The summed E-state index contributed by atoms with van der Waals surface area (Å²) in [4.78, 5) is 4.18. The van der Waals surface area contributed by atoms with Crippen LogP contribution in [0, 0.1) is 0 Å². The van der Waals surface area contributed by atoms with Gasteiger partial charge >= 0.3 is 0 Å². The number of hydrogen-bond donors (Lipinski definition) is 2. The number of nitrogens with one attached hydrogen (secondary N) is 2. The highest BCUT2D eigenvalue weighted by Crippen LogP contribution is 2.11. The highest BCUT2D eigenvalue weighted by Gasteiger charge is 1.98. The summed E-state index contributed by atoms with van der Waals surface area (Å²) in [5, 5.41) is 6.56. The Balaban J connectivity index is 2.42. The van der Waals surface area contributed by atoms with Crippen LogP contribution in [0.2, 0.25) is 0 Å². The molecule has 0 aliphatic rings. The van der Waals surface area contributed by atoms with Gasteiger partial charge < -0.3 is 15.4 Å². The number of ether oxygens (including phenoxy) is 1. The number of methoxy groups -OCH3 is 1. The van der Waals surface area contributed by atoms with Gasteiger partial charge in [-0.1, -0.05) is 25.5 Å². The molecule has 0 saturated carbocycles. The van der Waals surface area contributed by atoms with Crippen molar-refractivity contribution in [2.24, 2.45) is 4.99 Å². The van der Waals surface area contributed by atoms with E-state index in [0.717, 1.165) is 31.2 Å². The lowest BCUT2D eigenvalue weighted by Crippen LogP contribution is -2.37. The summed E-state index contributed by atoms with van der Waals surface area (Å²) in [6.45, 7) is 3.87. The van der Waals surface area contributed by atoms with E-state index in [1.807, 2.05) is 18.2 Å². The second-order valence-electron chi connectivity index (χ2n) is 4.06. The quantitative estimate of drug-likeness (QED) is 0.461. The predicted molar refractivity (Wildman–Crippen MR) is 76.1 cm³/mol. The van der Waals surface area contributed by atoms with Crippen molar-refractivity contribution in [1.29, 1.82) is 0 Å². The van der Waals surface area contributed by atoms with Gasteiger partial charge in [0.05, 0.1) is 7.11 Å². The van der Waals surface area contributed by atoms with Crippen LogP contribution in [0.4, 0.5) is 0 Å². The lowest BCUT2D eigenvalue weighted by Gasteiger charge is -2.12. The fraction of sp³-hybridized carbons (Fsp3) is 0.500. The Morgan fingerprint density at radius 1 is 1.33 bits per heavy atom. The Bertz CT molecular complexity index is 377. The maximum absolute atomic E-state index is 5.19. The van der Waals surface area contributed by atoms with Crippen molar-refractivity contribution < 1.29 is 4.74 Å². The summed E-state index contributed by atoms with van der Waals surface area (Å²) in [6.07, 6.45) is 2.33. The van der Waals surface area contributed by atoms with Crippen molar-refractivity contribution in [3.8, 4) is 5.75 Å². The van der Waals surface area contributed by atoms with Crippen LogP contribution in [0.15, 0.2) is 29.3 Å². The van der Waals surface area contributed by atoms with E-state index in [1.54, 1.807) is 14.2 Å². The standard InChI is InChI=1S/C14H23N3O/c1-4-5-9-16-14(15-2)17-11-12-7-6-8-13(10-12)18-3/h6-8,10H,4-5,9,11H2,1-3H3,(H2,15,16,17). The summed E-state index contributed by atoms with van der Waals surface area (Å²) in [7, 11) is 3.46. The van der Waals surface area contributed by atoms with Gasteiger partial charge in [-0.2, -0.15) is 0 Å². The Morgan fingerprint density at radius 2 is 2.17 bits per heavy atom. The van der Waals surface area contributed by atoms with Gasteiger partial charge in [-0.3, -0.25) is 4.99 Å². The van der Waals surface area contributed by atoms with Crippen molar-refractivity contribution in [3.63, 3.8) is 0 Å². The van der Waals surface area contributed by atoms with E-state index in [-0.39, 0.29) is 0 Å². The molecule has 0 heterocycles. The van der Waals surface area contributed by atoms with Crippen LogP contribution >= 0.6 is 0 Å². The smallest absolute Gasteiger partial charge is 0.191 e. The highest BCUT2D eigenvalue weighted by atomic mass is 16.5. The molecule has 0 amide bonds. The van der Waals surface area contributed by atoms with E-state index in [4.69, 9.17) is 4.74 Å². The maximum atomic E-state index is 5.19. The molecule has 0 aromatic heterocycles. The number of nitrogens with zero attached hydrogens (tertiary/aromatic N) is 1. The van der Waals surface area contributed by atoms with Gasteiger partial charge in [-0.05, 0) is 24.1 Å². The lowest BCUT2D eigenvalue weighted by atomic mass is 10.2. The summed E-state index contributed by atoms with van der Waals surface area (Å²) in [5.74, 6) is 1.72. The lowest BCUT2D eigenvalue weighted by molar-refractivity contribution is 0.414. The Labute approximate surface area is 109 Å².